The molecule has 1 N–H and O–H groups in total. The Morgan fingerprint density at radius 3 is 2.61 bits per heavy atom. The molecule has 2 aliphatic heterocycles. The Kier molecular flexibility index (Phi) is 5.00. The normalized spacial score (nSPS) is 28.9. The minimum Gasteiger partial charge on any atom is -0.377 e. The Bertz CT molecular complexity index is 352. The predicted octanol–water partition coefficient (Wildman–Crippen LogP) is -0.126. The third kappa shape index (κ3) is 4.19. The lowest BCUT2D eigenvalue weighted by Crippen LogP contribution is -2.37. The number of rotatable bonds is 5. The molecule has 2 aliphatic rings. The molecule has 6 heteroatoms. The molecule has 1 unspecified atom stereocenters. The molecule has 2 rings (SSSR count). The maximum absolute atomic E-state index is 11.4. The SMILES string of the molecule is CN(CCOC1CCNCC1)C1CCS(=O)(=O)C1. The molecule has 0 aromatic heterocycles. The highest BCUT2D eigenvalue weighted by Gasteiger charge is 2.30. The number of hydrogen-bond acceptors (Lipinski definition) is 5. The van der Waals surface area contributed by atoms with Gasteiger partial charge in [-0.1, -0.05) is 0 Å². The molecule has 2 saturated heterocycles. The van der Waals surface area contributed by atoms with Crippen molar-refractivity contribution < 1.29 is 13.2 Å². The second-order valence-electron chi connectivity index (χ2n) is 5.36. The molecule has 5 nitrogen and oxygen atoms in total. The summed E-state index contributed by atoms with van der Waals surface area (Å²) < 4.78 is 28.6. The maximum Gasteiger partial charge on any atom is 0.151 e. The Labute approximate surface area is 110 Å². The molecule has 0 saturated carbocycles. The van der Waals surface area contributed by atoms with E-state index in [-0.39, 0.29) is 6.04 Å². The minimum absolute atomic E-state index is 0.187. The van der Waals surface area contributed by atoms with Gasteiger partial charge in [-0.3, -0.25) is 0 Å². The van der Waals surface area contributed by atoms with Crippen LogP contribution in [-0.4, -0.2) is 70.3 Å². The van der Waals surface area contributed by atoms with Crippen molar-refractivity contribution in [3.05, 3.63) is 0 Å². The van der Waals surface area contributed by atoms with Crippen LogP contribution in [0.5, 0.6) is 0 Å². The molecule has 0 spiro atoms. The molecule has 0 radical (unpaired) electrons. The van der Waals surface area contributed by atoms with Gasteiger partial charge in [-0.05, 0) is 39.4 Å². The second-order valence-corrected chi connectivity index (χ2v) is 7.59. The monoisotopic (exact) mass is 276 g/mol. The van der Waals surface area contributed by atoms with Crippen LogP contribution in [-0.2, 0) is 14.6 Å². The fourth-order valence-electron chi connectivity index (χ4n) is 2.63. The maximum atomic E-state index is 11.4. The predicted molar refractivity (Wildman–Crippen MR) is 71.5 cm³/mol. The van der Waals surface area contributed by atoms with E-state index in [0.717, 1.165) is 38.9 Å². The smallest absolute Gasteiger partial charge is 0.151 e. The van der Waals surface area contributed by atoms with Crippen LogP contribution < -0.4 is 5.32 Å². The molecule has 2 heterocycles. The molecule has 0 aliphatic carbocycles. The summed E-state index contributed by atoms with van der Waals surface area (Å²) in [4.78, 5) is 2.13. The first-order valence-corrected chi connectivity index (χ1v) is 8.62. The summed E-state index contributed by atoms with van der Waals surface area (Å²) in [5.74, 6) is 0.661. The first-order valence-electron chi connectivity index (χ1n) is 6.80. The zero-order valence-corrected chi connectivity index (χ0v) is 11.9. The van der Waals surface area contributed by atoms with Crippen LogP contribution in [0.25, 0.3) is 0 Å². The molecule has 106 valence electrons. The highest BCUT2D eigenvalue weighted by atomic mass is 32.2. The molecular weight excluding hydrogens is 252 g/mol. The van der Waals surface area contributed by atoms with Gasteiger partial charge in [-0.15, -0.1) is 0 Å². The van der Waals surface area contributed by atoms with Crippen molar-refractivity contribution in [1.82, 2.24) is 10.2 Å². The first-order chi connectivity index (χ1) is 8.57. The number of nitrogens with one attached hydrogen (secondary N) is 1. The van der Waals surface area contributed by atoms with Crippen LogP contribution in [0.3, 0.4) is 0 Å². The van der Waals surface area contributed by atoms with Crippen molar-refractivity contribution in [3.63, 3.8) is 0 Å². The standard InChI is InChI=1S/C12H24N2O3S/c1-14(11-4-9-18(15,16)10-11)7-8-17-12-2-5-13-6-3-12/h11-13H,2-10H2,1H3. The largest absolute Gasteiger partial charge is 0.377 e. The van der Waals surface area contributed by atoms with E-state index in [0.29, 0.717) is 24.2 Å². The summed E-state index contributed by atoms with van der Waals surface area (Å²) in [5.41, 5.74) is 0. The summed E-state index contributed by atoms with van der Waals surface area (Å²) in [5, 5.41) is 3.31. The van der Waals surface area contributed by atoms with E-state index in [4.69, 9.17) is 4.74 Å². The van der Waals surface area contributed by atoms with Gasteiger partial charge in [0, 0.05) is 12.6 Å². The van der Waals surface area contributed by atoms with Crippen LogP contribution >= 0.6 is 0 Å². The average Bonchev–Trinajstić information content (AvgIpc) is 2.71. The van der Waals surface area contributed by atoms with Gasteiger partial charge in [-0.2, -0.15) is 0 Å². The lowest BCUT2D eigenvalue weighted by Gasteiger charge is -2.26. The van der Waals surface area contributed by atoms with Gasteiger partial charge in [0.15, 0.2) is 9.84 Å². The Morgan fingerprint density at radius 2 is 2.00 bits per heavy atom. The average molecular weight is 276 g/mol. The van der Waals surface area contributed by atoms with Gasteiger partial charge >= 0.3 is 0 Å². The van der Waals surface area contributed by atoms with Gasteiger partial charge in [0.25, 0.3) is 0 Å². The zero-order chi connectivity index (χ0) is 13.0. The van der Waals surface area contributed by atoms with E-state index < -0.39 is 9.84 Å². The van der Waals surface area contributed by atoms with Gasteiger partial charge in [0.1, 0.15) is 0 Å². The number of ether oxygens (including phenoxy) is 1. The van der Waals surface area contributed by atoms with Gasteiger partial charge in [0.2, 0.25) is 0 Å². The highest BCUT2D eigenvalue weighted by molar-refractivity contribution is 7.91. The molecule has 1 atom stereocenters. The van der Waals surface area contributed by atoms with Crippen molar-refractivity contribution in [2.45, 2.75) is 31.4 Å². The number of hydrogen-bond donors (Lipinski definition) is 1. The van der Waals surface area contributed by atoms with Crippen LogP contribution in [0.2, 0.25) is 0 Å². The van der Waals surface area contributed by atoms with Gasteiger partial charge in [0.05, 0.1) is 24.2 Å². The van der Waals surface area contributed by atoms with Crippen molar-refractivity contribution in [1.29, 1.82) is 0 Å². The first kappa shape index (κ1) is 14.2. The van der Waals surface area contributed by atoms with Crippen LogP contribution in [0, 0.1) is 0 Å². The Hall–Kier alpha value is -0.170. The quantitative estimate of drug-likeness (QED) is 0.758. The van der Waals surface area contributed by atoms with E-state index in [1.807, 2.05) is 7.05 Å². The fourth-order valence-corrected chi connectivity index (χ4v) is 4.44. The fraction of sp³-hybridized carbons (Fsp3) is 1.00. The third-order valence-corrected chi connectivity index (χ3v) is 5.67. The van der Waals surface area contributed by atoms with E-state index in [1.165, 1.54) is 0 Å². The van der Waals surface area contributed by atoms with Crippen molar-refractivity contribution in [3.8, 4) is 0 Å². The number of piperidine rings is 1. The van der Waals surface area contributed by atoms with E-state index in [9.17, 15) is 8.42 Å². The summed E-state index contributed by atoms with van der Waals surface area (Å²) in [7, 11) is -0.779. The molecule has 0 bridgehead atoms. The molecule has 18 heavy (non-hydrogen) atoms. The van der Waals surface area contributed by atoms with Gasteiger partial charge in [-0.25, -0.2) is 8.42 Å². The lowest BCUT2D eigenvalue weighted by atomic mass is 10.1. The Balaban J connectivity index is 1.64. The molecule has 0 amide bonds. The summed E-state index contributed by atoms with van der Waals surface area (Å²) in [6.07, 6.45) is 3.32. The number of likely N-dealkylation sites (N-methyl/N-ethyl adjacent to an activating group) is 1. The van der Waals surface area contributed by atoms with Crippen LogP contribution in [0.15, 0.2) is 0 Å². The van der Waals surface area contributed by atoms with Crippen LogP contribution in [0.4, 0.5) is 0 Å². The van der Waals surface area contributed by atoms with Gasteiger partial charge < -0.3 is 15.0 Å². The van der Waals surface area contributed by atoms with E-state index in [1.54, 1.807) is 0 Å². The second kappa shape index (κ2) is 6.32. The lowest BCUT2D eigenvalue weighted by molar-refractivity contribution is 0.0195. The molecule has 2 fully saturated rings. The number of sulfone groups is 1. The molecule has 0 aromatic carbocycles. The molecular formula is C12H24N2O3S. The van der Waals surface area contributed by atoms with Crippen molar-refractivity contribution >= 4 is 9.84 Å². The topological polar surface area (TPSA) is 58.6 Å². The van der Waals surface area contributed by atoms with E-state index in [2.05, 4.69) is 10.2 Å². The van der Waals surface area contributed by atoms with E-state index >= 15 is 0 Å². The van der Waals surface area contributed by atoms with Crippen molar-refractivity contribution in [2.24, 2.45) is 0 Å². The zero-order valence-electron chi connectivity index (χ0n) is 11.1. The minimum atomic E-state index is -2.78. The highest BCUT2D eigenvalue weighted by Crippen LogP contribution is 2.16. The molecule has 0 aromatic rings. The summed E-state index contributed by atoms with van der Waals surface area (Å²) in [6.45, 7) is 3.62. The van der Waals surface area contributed by atoms with Crippen LogP contribution in [0.1, 0.15) is 19.3 Å². The number of nitrogens with zero attached hydrogens (tertiary/aromatic N) is 1. The summed E-state index contributed by atoms with van der Waals surface area (Å²) >= 11 is 0. The third-order valence-electron chi connectivity index (χ3n) is 3.92. The Morgan fingerprint density at radius 1 is 1.28 bits per heavy atom. The summed E-state index contributed by atoms with van der Waals surface area (Å²) in [6, 6.07) is 0.187. The van der Waals surface area contributed by atoms with Crippen molar-refractivity contribution in [2.75, 3.05) is 44.8 Å².